The number of aliphatic carboxylic acids is 2. The van der Waals surface area contributed by atoms with E-state index in [-0.39, 0.29) is 5.91 Å². The van der Waals surface area contributed by atoms with Crippen LogP contribution in [0.25, 0.3) is 0 Å². The molecule has 0 saturated carbocycles. The summed E-state index contributed by atoms with van der Waals surface area (Å²) in [6, 6.07) is 10.3. The lowest BCUT2D eigenvalue weighted by atomic mass is 10.1. The molecule has 0 unspecified atom stereocenters. The molecule has 4 heterocycles. The molecule has 4 rings (SSSR count). The van der Waals surface area contributed by atoms with E-state index < -0.39 is 24.3 Å². The van der Waals surface area contributed by atoms with Crippen molar-refractivity contribution in [1.82, 2.24) is 14.8 Å². The first-order valence-corrected chi connectivity index (χ1v) is 10.7. The number of carbonyl (C=O) groups is 3. The van der Waals surface area contributed by atoms with Gasteiger partial charge in [0.1, 0.15) is 17.2 Å². The monoisotopic (exact) mass is 539 g/mol. The fraction of sp³-hybridized carbons (Fsp3) is 0.455. The molecule has 2 saturated heterocycles. The minimum Gasteiger partial charge on any atom is -0.475 e. The van der Waals surface area contributed by atoms with Crippen LogP contribution in [0.15, 0.2) is 40.9 Å². The van der Waals surface area contributed by atoms with Gasteiger partial charge in [-0.3, -0.25) is 14.7 Å². The third-order valence-corrected chi connectivity index (χ3v) is 5.48. The van der Waals surface area contributed by atoms with Crippen molar-refractivity contribution >= 4 is 17.8 Å². The summed E-state index contributed by atoms with van der Waals surface area (Å²) in [6.07, 6.45) is -6.42. The lowest BCUT2D eigenvalue weighted by Gasteiger charge is -2.25. The summed E-state index contributed by atoms with van der Waals surface area (Å²) >= 11 is 0. The highest BCUT2D eigenvalue weighted by Crippen LogP contribution is 2.33. The molecule has 2 aliphatic rings. The number of aryl methyl sites for hydroxylation is 1. The lowest BCUT2D eigenvalue weighted by Crippen LogP contribution is -2.39. The van der Waals surface area contributed by atoms with Crippen LogP contribution in [0.1, 0.15) is 34.9 Å². The first-order valence-electron chi connectivity index (χ1n) is 10.7. The van der Waals surface area contributed by atoms with Gasteiger partial charge in [0.25, 0.3) is 5.91 Å². The molecule has 2 aliphatic heterocycles. The zero-order valence-electron chi connectivity index (χ0n) is 19.3. The highest BCUT2D eigenvalue weighted by atomic mass is 19.4. The minimum absolute atomic E-state index is 0.0637. The maximum atomic E-state index is 12.7. The number of fused-ring (bicyclic) bond motifs is 1. The highest BCUT2D eigenvalue weighted by Gasteiger charge is 2.44. The van der Waals surface area contributed by atoms with E-state index in [1.807, 2.05) is 30.0 Å². The molecule has 9 nitrogen and oxygen atoms in total. The fourth-order valence-electron chi connectivity index (χ4n) is 3.93. The molecule has 2 aromatic rings. The number of alkyl halides is 6. The van der Waals surface area contributed by atoms with Gasteiger partial charge in [-0.2, -0.15) is 26.3 Å². The Kier molecular flexibility index (Phi) is 9.67. The first kappa shape index (κ1) is 29.6. The summed E-state index contributed by atoms with van der Waals surface area (Å²) in [5.74, 6) is -3.49. The number of carboxylic acid groups (broad SMARTS) is 2. The van der Waals surface area contributed by atoms with Gasteiger partial charge in [-0.05, 0) is 44.0 Å². The van der Waals surface area contributed by atoms with Gasteiger partial charge >= 0.3 is 24.3 Å². The van der Waals surface area contributed by atoms with Gasteiger partial charge in [-0.1, -0.05) is 6.07 Å². The quantitative estimate of drug-likeness (QED) is 0.566. The van der Waals surface area contributed by atoms with Crippen LogP contribution in [0.2, 0.25) is 0 Å². The molecule has 2 fully saturated rings. The summed E-state index contributed by atoms with van der Waals surface area (Å²) in [4.78, 5) is 39.2. The van der Waals surface area contributed by atoms with Crippen LogP contribution in [0, 0.1) is 6.92 Å². The molecule has 15 heteroatoms. The standard InChI is InChI=1S/C18H21N3O2.2C2HF3O2/c1-13-5-6-14(23-13)12-20-10-7-17-16(20)8-11-21(17)18(22)15-4-2-3-9-19-15;2*3-2(4,5)1(6)7/h2-6,9,16-17H,7-8,10-12H2,1H3;2*(H,6,7)/t16-,17+;;/m0../s1. The molecule has 0 bridgehead atoms. The molecular formula is C22H23F6N3O6. The molecule has 0 spiro atoms. The lowest BCUT2D eigenvalue weighted by molar-refractivity contribution is -0.193. The summed E-state index contributed by atoms with van der Waals surface area (Å²) in [5, 5.41) is 14.2. The molecule has 2 atom stereocenters. The van der Waals surface area contributed by atoms with Crippen molar-refractivity contribution in [3.63, 3.8) is 0 Å². The van der Waals surface area contributed by atoms with Crippen LogP contribution < -0.4 is 0 Å². The number of halogens is 6. The second-order valence-corrected chi connectivity index (χ2v) is 8.01. The summed E-state index contributed by atoms with van der Waals surface area (Å²) in [7, 11) is 0. The third-order valence-electron chi connectivity index (χ3n) is 5.48. The first-order chi connectivity index (χ1) is 17.1. The number of carbonyl (C=O) groups excluding carboxylic acids is 1. The molecular weight excluding hydrogens is 516 g/mol. The number of rotatable bonds is 3. The number of hydrogen-bond acceptors (Lipinski definition) is 6. The van der Waals surface area contributed by atoms with Gasteiger partial charge < -0.3 is 19.5 Å². The van der Waals surface area contributed by atoms with E-state index in [9.17, 15) is 31.1 Å². The number of furan rings is 1. The highest BCUT2D eigenvalue weighted by molar-refractivity contribution is 5.92. The molecule has 204 valence electrons. The van der Waals surface area contributed by atoms with Crippen molar-refractivity contribution in [2.45, 2.75) is 50.7 Å². The van der Waals surface area contributed by atoms with Crippen molar-refractivity contribution in [1.29, 1.82) is 0 Å². The third kappa shape index (κ3) is 8.48. The molecule has 2 N–H and O–H groups in total. The van der Waals surface area contributed by atoms with Crippen molar-refractivity contribution in [3.05, 3.63) is 53.7 Å². The molecule has 2 aromatic heterocycles. The molecule has 0 aromatic carbocycles. The van der Waals surface area contributed by atoms with E-state index >= 15 is 0 Å². The molecule has 37 heavy (non-hydrogen) atoms. The Bertz CT molecular complexity index is 1050. The Morgan fingerprint density at radius 2 is 1.51 bits per heavy atom. The zero-order valence-corrected chi connectivity index (χ0v) is 19.3. The second-order valence-electron chi connectivity index (χ2n) is 8.01. The SMILES string of the molecule is Cc1ccc(CN2CC[C@@H]3[C@@H]2CCN3C(=O)c2ccccn2)o1.O=C(O)C(F)(F)F.O=C(O)C(F)(F)F. The van der Waals surface area contributed by atoms with Crippen LogP contribution in [0.4, 0.5) is 26.3 Å². The van der Waals surface area contributed by atoms with Gasteiger partial charge in [0.15, 0.2) is 0 Å². The Labute approximate surface area is 206 Å². The predicted octanol–water partition coefficient (Wildman–Crippen LogP) is 3.74. The Balaban J connectivity index is 0.000000286. The Morgan fingerprint density at radius 3 is 1.97 bits per heavy atom. The van der Waals surface area contributed by atoms with Crippen LogP contribution in [-0.2, 0) is 16.1 Å². The fourth-order valence-corrected chi connectivity index (χ4v) is 3.93. The van der Waals surface area contributed by atoms with Crippen molar-refractivity contribution in [3.8, 4) is 0 Å². The van der Waals surface area contributed by atoms with E-state index in [1.54, 1.807) is 12.3 Å². The van der Waals surface area contributed by atoms with Gasteiger partial charge in [0.05, 0.1) is 6.54 Å². The van der Waals surface area contributed by atoms with E-state index in [1.165, 1.54) is 0 Å². The topological polar surface area (TPSA) is 124 Å². The summed E-state index contributed by atoms with van der Waals surface area (Å²) < 4.78 is 69.2. The van der Waals surface area contributed by atoms with Gasteiger partial charge in [-0.25, -0.2) is 9.59 Å². The number of amides is 1. The summed E-state index contributed by atoms with van der Waals surface area (Å²) in [6.45, 7) is 4.64. The predicted molar refractivity (Wildman–Crippen MR) is 113 cm³/mol. The number of pyridine rings is 1. The smallest absolute Gasteiger partial charge is 0.475 e. The number of carboxylic acids is 2. The van der Waals surface area contributed by atoms with E-state index in [0.29, 0.717) is 17.8 Å². The van der Waals surface area contributed by atoms with E-state index in [2.05, 4.69) is 16.0 Å². The molecule has 0 radical (unpaired) electrons. The van der Waals surface area contributed by atoms with Gasteiger partial charge in [0.2, 0.25) is 0 Å². The maximum absolute atomic E-state index is 12.7. The van der Waals surface area contributed by atoms with E-state index in [4.69, 9.17) is 24.2 Å². The largest absolute Gasteiger partial charge is 0.490 e. The van der Waals surface area contributed by atoms with Crippen LogP contribution >= 0.6 is 0 Å². The van der Waals surface area contributed by atoms with Crippen molar-refractivity contribution < 1.29 is 55.4 Å². The second kappa shape index (κ2) is 12.1. The van der Waals surface area contributed by atoms with Gasteiger partial charge in [-0.15, -0.1) is 0 Å². The van der Waals surface area contributed by atoms with Crippen LogP contribution in [0.5, 0.6) is 0 Å². The number of likely N-dealkylation sites (tertiary alicyclic amines) is 2. The molecule has 0 aliphatic carbocycles. The average molecular weight is 539 g/mol. The normalized spacial score (nSPS) is 19.3. The van der Waals surface area contributed by atoms with Crippen LogP contribution in [0.3, 0.4) is 0 Å². The molecule has 1 amide bonds. The number of aromatic nitrogens is 1. The zero-order chi connectivity index (χ0) is 28.0. The maximum Gasteiger partial charge on any atom is 0.490 e. The van der Waals surface area contributed by atoms with Crippen LogP contribution in [-0.4, -0.2) is 80.4 Å². The van der Waals surface area contributed by atoms with E-state index in [0.717, 1.165) is 44.0 Å². The number of nitrogens with zero attached hydrogens (tertiary/aromatic N) is 3. The van der Waals surface area contributed by atoms with Gasteiger partial charge in [0, 0.05) is 31.4 Å². The summed E-state index contributed by atoms with van der Waals surface area (Å²) in [5.41, 5.74) is 0.549. The Morgan fingerprint density at radius 1 is 0.946 bits per heavy atom. The minimum atomic E-state index is -5.08. The number of hydrogen-bond donors (Lipinski definition) is 2. The Hall–Kier alpha value is -3.62. The van der Waals surface area contributed by atoms with Crippen molar-refractivity contribution in [2.24, 2.45) is 0 Å². The average Bonchev–Trinajstić information content (AvgIpc) is 3.51. The van der Waals surface area contributed by atoms with Crippen molar-refractivity contribution in [2.75, 3.05) is 13.1 Å².